The molecule has 7 heteroatoms. The average molecular weight is 397 g/mol. The minimum atomic E-state index is -3.66. The van der Waals surface area contributed by atoms with Gasteiger partial charge in [-0.05, 0) is 49.1 Å². The van der Waals surface area contributed by atoms with Gasteiger partial charge in [-0.2, -0.15) is 5.10 Å². The third-order valence-electron chi connectivity index (χ3n) is 5.28. The Morgan fingerprint density at radius 2 is 1.89 bits per heavy atom. The van der Waals surface area contributed by atoms with Crippen molar-refractivity contribution in [2.24, 2.45) is 0 Å². The molecule has 2 N–H and O–H groups in total. The first-order chi connectivity index (χ1) is 13.4. The number of aromatic amines is 1. The molecule has 0 unspecified atom stereocenters. The van der Waals surface area contributed by atoms with Crippen molar-refractivity contribution in [1.82, 2.24) is 15.1 Å². The fourth-order valence-electron chi connectivity index (χ4n) is 3.50. The van der Waals surface area contributed by atoms with Crippen LogP contribution in [0.15, 0.2) is 53.4 Å². The van der Waals surface area contributed by atoms with Crippen molar-refractivity contribution in [1.29, 1.82) is 0 Å². The van der Waals surface area contributed by atoms with E-state index >= 15 is 0 Å². The molecular formula is C21H24N4O2S. The molecule has 2 aromatic carbocycles. The lowest BCUT2D eigenvalue weighted by atomic mass is 10.1. The SMILES string of the molecule is Cc1ccc(S(=O)(=O)Nc2n[nH]c3c2CCN(Cc2ccccc2)C3)cc1C. The zero-order chi connectivity index (χ0) is 19.7. The highest BCUT2D eigenvalue weighted by Gasteiger charge is 2.25. The van der Waals surface area contributed by atoms with E-state index in [2.05, 4.69) is 32.0 Å². The number of H-pyrrole nitrogens is 1. The molecule has 0 fully saturated rings. The third kappa shape index (κ3) is 3.81. The second-order valence-corrected chi connectivity index (χ2v) is 9.01. The molecule has 4 rings (SSSR count). The predicted octanol–water partition coefficient (Wildman–Crippen LogP) is 3.39. The first-order valence-electron chi connectivity index (χ1n) is 9.35. The van der Waals surface area contributed by atoms with E-state index in [4.69, 9.17) is 0 Å². The topological polar surface area (TPSA) is 78.1 Å². The number of hydrogen-bond donors (Lipinski definition) is 2. The second kappa shape index (κ2) is 7.41. The van der Waals surface area contributed by atoms with Gasteiger partial charge in [0.2, 0.25) is 0 Å². The van der Waals surface area contributed by atoms with E-state index in [9.17, 15) is 8.42 Å². The third-order valence-corrected chi connectivity index (χ3v) is 6.62. The Labute approximate surface area is 165 Å². The van der Waals surface area contributed by atoms with Gasteiger partial charge in [0.25, 0.3) is 10.0 Å². The van der Waals surface area contributed by atoms with Gasteiger partial charge in [0.05, 0.1) is 10.6 Å². The van der Waals surface area contributed by atoms with Gasteiger partial charge in [0.15, 0.2) is 5.82 Å². The molecular weight excluding hydrogens is 372 g/mol. The van der Waals surface area contributed by atoms with E-state index in [1.54, 1.807) is 12.1 Å². The molecule has 1 aromatic heterocycles. The Hall–Kier alpha value is -2.64. The van der Waals surface area contributed by atoms with Crippen LogP contribution in [0.3, 0.4) is 0 Å². The fraction of sp³-hybridized carbons (Fsp3) is 0.286. The van der Waals surface area contributed by atoms with Gasteiger partial charge >= 0.3 is 0 Å². The molecule has 3 aromatic rings. The number of sulfonamides is 1. The van der Waals surface area contributed by atoms with Crippen molar-refractivity contribution in [3.63, 3.8) is 0 Å². The maximum absolute atomic E-state index is 12.8. The molecule has 0 radical (unpaired) electrons. The first-order valence-corrected chi connectivity index (χ1v) is 10.8. The predicted molar refractivity (Wildman–Crippen MR) is 110 cm³/mol. The molecule has 2 heterocycles. The zero-order valence-electron chi connectivity index (χ0n) is 16.1. The summed E-state index contributed by atoms with van der Waals surface area (Å²) in [5.74, 6) is 0.410. The Kier molecular flexibility index (Phi) is 4.95. The van der Waals surface area contributed by atoms with Crippen LogP contribution < -0.4 is 4.72 Å². The summed E-state index contributed by atoms with van der Waals surface area (Å²) in [6.07, 6.45) is 0.753. The molecule has 28 heavy (non-hydrogen) atoms. The van der Waals surface area contributed by atoms with Crippen LogP contribution in [0.1, 0.15) is 27.9 Å². The van der Waals surface area contributed by atoms with E-state index in [-0.39, 0.29) is 4.90 Å². The molecule has 1 aliphatic heterocycles. The van der Waals surface area contributed by atoms with E-state index in [1.807, 2.05) is 38.1 Å². The quantitative estimate of drug-likeness (QED) is 0.693. The van der Waals surface area contributed by atoms with Crippen molar-refractivity contribution < 1.29 is 8.42 Å². The van der Waals surface area contributed by atoms with Gasteiger partial charge in [-0.1, -0.05) is 36.4 Å². The van der Waals surface area contributed by atoms with Crippen LogP contribution in [0.4, 0.5) is 5.82 Å². The van der Waals surface area contributed by atoms with E-state index in [0.29, 0.717) is 5.82 Å². The second-order valence-electron chi connectivity index (χ2n) is 7.33. The maximum Gasteiger partial charge on any atom is 0.263 e. The lowest BCUT2D eigenvalue weighted by Gasteiger charge is -2.26. The monoisotopic (exact) mass is 396 g/mol. The number of aromatic nitrogens is 2. The molecule has 6 nitrogen and oxygen atoms in total. The summed E-state index contributed by atoms with van der Waals surface area (Å²) in [4.78, 5) is 2.59. The maximum atomic E-state index is 12.8. The minimum Gasteiger partial charge on any atom is -0.293 e. The van der Waals surface area contributed by atoms with Crippen LogP contribution in [-0.2, 0) is 29.5 Å². The van der Waals surface area contributed by atoms with Crippen LogP contribution in [-0.4, -0.2) is 30.1 Å². The summed E-state index contributed by atoms with van der Waals surface area (Å²) in [5.41, 5.74) is 5.20. The number of hydrogen-bond acceptors (Lipinski definition) is 4. The highest BCUT2D eigenvalue weighted by molar-refractivity contribution is 7.92. The smallest absolute Gasteiger partial charge is 0.263 e. The standard InChI is InChI=1S/C21H24N4O2S/c1-15-8-9-18(12-16(15)2)28(26,27)24-21-19-10-11-25(14-20(19)22-23-21)13-17-6-4-3-5-7-17/h3-9,12H,10-11,13-14H2,1-2H3,(H2,22,23,24). The molecule has 0 aliphatic carbocycles. The number of aryl methyl sites for hydroxylation is 2. The molecule has 146 valence electrons. The van der Waals surface area contributed by atoms with E-state index < -0.39 is 10.0 Å². The molecule has 0 bridgehead atoms. The normalized spacial score (nSPS) is 14.6. The molecule has 0 saturated heterocycles. The molecule has 0 spiro atoms. The number of fused-ring (bicyclic) bond motifs is 1. The summed E-state index contributed by atoms with van der Waals surface area (Å²) in [5, 5.41) is 7.27. The Morgan fingerprint density at radius 1 is 1.11 bits per heavy atom. The van der Waals surface area contributed by atoms with Gasteiger partial charge in [0, 0.05) is 25.2 Å². The summed E-state index contributed by atoms with van der Waals surface area (Å²) in [6, 6.07) is 15.5. The highest BCUT2D eigenvalue weighted by atomic mass is 32.2. The number of benzene rings is 2. The number of nitrogens with one attached hydrogen (secondary N) is 2. The van der Waals surface area contributed by atoms with Crippen LogP contribution in [0.5, 0.6) is 0 Å². The fourth-order valence-corrected chi connectivity index (χ4v) is 4.62. The molecule has 1 aliphatic rings. The van der Waals surface area contributed by atoms with Gasteiger partial charge in [-0.15, -0.1) is 0 Å². The van der Waals surface area contributed by atoms with Crippen molar-refractivity contribution in [3.8, 4) is 0 Å². The van der Waals surface area contributed by atoms with Gasteiger partial charge < -0.3 is 0 Å². The van der Waals surface area contributed by atoms with Crippen LogP contribution in [0.25, 0.3) is 0 Å². The summed E-state index contributed by atoms with van der Waals surface area (Å²) < 4.78 is 28.2. The molecule has 0 amide bonds. The van der Waals surface area contributed by atoms with Crippen molar-refractivity contribution in [2.45, 2.75) is 38.3 Å². The average Bonchev–Trinajstić information content (AvgIpc) is 3.06. The summed E-state index contributed by atoms with van der Waals surface area (Å²) in [7, 11) is -3.66. The Bertz CT molecular complexity index is 1090. The van der Waals surface area contributed by atoms with Gasteiger partial charge in [0.1, 0.15) is 0 Å². The largest absolute Gasteiger partial charge is 0.293 e. The number of rotatable bonds is 5. The Balaban J connectivity index is 1.50. The lowest BCUT2D eigenvalue weighted by molar-refractivity contribution is 0.242. The van der Waals surface area contributed by atoms with Crippen molar-refractivity contribution >= 4 is 15.8 Å². The molecule has 0 atom stereocenters. The number of anilines is 1. The van der Waals surface area contributed by atoms with Crippen molar-refractivity contribution in [3.05, 3.63) is 76.5 Å². The summed E-state index contributed by atoms with van der Waals surface area (Å²) in [6.45, 7) is 6.32. The molecule has 0 saturated carbocycles. The van der Waals surface area contributed by atoms with Crippen LogP contribution in [0, 0.1) is 13.8 Å². The van der Waals surface area contributed by atoms with Crippen LogP contribution >= 0.6 is 0 Å². The number of nitrogens with zero attached hydrogens (tertiary/aromatic N) is 2. The lowest BCUT2D eigenvalue weighted by Crippen LogP contribution is -2.30. The van der Waals surface area contributed by atoms with Gasteiger partial charge in [-0.3, -0.25) is 14.7 Å². The zero-order valence-corrected chi connectivity index (χ0v) is 16.9. The summed E-state index contributed by atoms with van der Waals surface area (Å²) >= 11 is 0. The van der Waals surface area contributed by atoms with Gasteiger partial charge in [-0.25, -0.2) is 8.42 Å². The van der Waals surface area contributed by atoms with Crippen molar-refractivity contribution in [2.75, 3.05) is 11.3 Å². The minimum absolute atomic E-state index is 0.258. The van der Waals surface area contributed by atoms with E-state index in [0.717, 1.165) is 48.4 Å². The Morgan fingerprint density at radius 3 is 2.64 bits per heavy atom. The highest BCUT2D eigenvalue weighted by Crippen LogP contribution is 2.27. The first kappa shape index (κ1) is 18.7. The van der Waals surface area contributed by atoms with E-state index in [1.165, 1.54) is 5.56 Å². The van der Waals surface area contributed by atoms with Crippen LogP contribution in [0.2, 0.25) is 0 Å².